The minimum absolute atomic E-state index is 0.101. The van der Waals surface area contributed by atoms with E-state index in [0.29, 0.717) is 3.57 Å². The molecule has 0 fully saturated rings. The van der Waals surface area contributed by atoms with Crippen LogP contribution in [0.25, 0.3) is 0 Å². The summed E-state index contributed by atoms with van der Waals surface area (Å²) in [4.78, 5) is 0. The number of hydrogen-bond acceptors (Lipinski definition) is 2. The summed E-state index contributed by atoms with van der Waals surface area (Å²) in [7, 11) is 0. The minimum Gasteiger partial charge on any atom is -0.324 e. The van der Waals surface area contributed by atoms with Gasteiger partial charge >= 0.3 is 6.18 Å². The molecule has 0 aliphatic rings. The number of nitrogens with one attached hydrogen (secondary N) is 1. The molecule has 3 N–H and O–H groups in total. The Kier molecular flexibility index (Phi) is 3.25. The van der Waals surface area contributed by atoms with Crippen LogP contribution in [0.15, 0.2) is 12.1 Å². The normalized spacial score (nSPS) is 11.6. The van der Waals surface area contributed by atoms with Crippen molar-refractivity contribution in [1.29, 1.82) is 0 Å². The van der Waals surface area contributed by atoms with Gasteiger partial charge in [0.05, 0.1) is 11.3 Å². The fourth-order valence-electron chi connectivity index (χ4n) is 1.04. The van der Waals surface area contributed by atoms with Gasteiger partial charge in [-0.1, -0.05) is 0 Å². The molecule has 0 amide bonds. The highest BCUT2D eigenvalue weighted by molar-refractivity contribution is 14.1. The van der Waals surface area contributed by atoms with Crippen molar-refractivity contribution < 1.29 is 13.2 Å². The molecular formula is C8H8F3IN2. The van der Waals surface area contributed by atoms with Crippen molar-refractivity contribution >= 4 is 28.3 Å². The number of halogens is 4. The van der Waals surface area contributed by atoms with Crippen LogP contribution in [0.2, 0.25) is 0 Å². The Balaban J connectivity index is 3.35. The number of aryl methyl sites for hydroxylation is 1. The van der Waals surface area contributed by atoms with Crippen molar-refractivity contribution in [3.05, 3.63) is 26.8 Å². The van der Waals surface area contributed by atoms with Crippen LogP contribution in [0.3, 0.4) is 0 Å². The van der Waals surface area contributed by atoms with E-state index in [1.165, 1.54) is 6.07 Å². The number of hydrazine groups is 1. The van der Waals surface area contributed by atoms with Gasteiger partial charge < -0.3 is 5.43 Å². The summed E-state index contributed by atoms with van der Waals surface area (Å²) in [5.74, 6) is 5.01. The molecule has 1 aromatic carbocycles. The number of hydrogen-bond donors (Lipinski definition) is 2. The van der Waals surface area contributed by atoms with E-state index in [0.717, 1.165) is 11.6 Å². The van der Waals surface area contributed by atoms with E-state index in [9.17, 15) is 13.2 Å². The molecule has 0 unspecified atom stereocenters. The first-order valence-corrected chi connectivity index (χ1v) is 4.78. The summed E-state index contributed by atoms with van der Waals surface area (Å²) in [5.41, 5.74) is 1.96. The molecule has 0 saturated carbocycles. The fourth-order valence-corrected chi connectivity index (χ4v) is 1.50. The zero-order chi connectivity index (χ0) is 10.9. The Hall–Kier alpha value is -0.500. The van der Waals surface area contributed by atoms with E-state index in [4.69, 9.17) is 5.84 Å². The second-order valence-electron chi connectivity index (χ2n) is 2.79. The Morgan fingerprint density at radius 2 is 1.93 bits per heavy atom. The lowest BCUT2D eigenvalue weighted by molar-refractivity contribution is -0.137. The van der Waals surface area contributed by atoms with Gasteiger partial charge in [0.1, 0.15) is 0 Å². The average Bonchev–Trinajstić information content (AvgIpc) is 2.07. The molecule has 0 aliphatic carbocycles. The minimum atomic E-state index is -4.38. The monoisotopic (exact) mass is 316 g/mol. The van der Waals surface area contributed by atoms with Crippen LogP contribution in [-0.4, -0.2) is 0 Å². The molecule has 0 radical (unpaired) electrons. The summed E-state index contributed by atoms with van der Waals surface area (Å²) in [5, 5.41) is 0. The quantitative estimate of drug-likeness (QED) is 0.475. The van der Waals surface area contributed by atoms with Gasteiger partial charge in [0.25, 0.3) is 0 Å². The topological polar surface area (TPSA) is 38.0 Å². The number of anilines is 1. The molecule has 0 heterocycles. The van der Waals surface area contributed by atoms with Gasteiger partial charge in [-0.25, -0.2) is 0 Å². The predicted octanol–water partition coefficient (Wildman–Crippen LogP) is 2.90. The number of nitrogen functional groups attached to an aromatic ring is 1. The van der Waals surface area contributed by atoms with E-state index >= 15 is 0 Å². The molecule has 0 saturated heterocycles. The highest BCUT2D eigenvalue weighted by Gasteiger charge is 2.33. The summed E-state index contributed by atoms with van der Waals surface area (Å²) in [6, 6.07) is 2.45. The molecule has 78 valence electrons. The van der Waals surface area contributed by atoms with E-state index in [-0.39, 0.29) is 5.69 Å². The second-order valence-corrected chi connectivity index (χ2v) is 3.95. The Morgan fingerprint density at radius 1 is 1.36 bits per heavy atom. The lowest BCUT2D eigenvalue weighted by atomic mass is 10.1. The first-order valence-electron chi connectivity index (χ1n) is 3.70. The van der Waals surface area contributed by atoms with Gasteiger partial charge in [-0.3, -0.25) is 5.84 Å². The van der Waals surface area contributed by atoms with Crippen molar-refractivity contribution in [1.82, 2.24) is 0 Å². The first kappa shape index (κ1) is 11.6. The molecule has 0 aliphatic heterocycles. The number of benzene rings is 1. The van der Waals surface area contributed by atoms with Gasteiger partial charge in [-0.05, 0) is 47.2 Å². The van der Waals surface area contributed by atoms with Gasteiger partial charge in [-0.15, -0.1) is 0 Å². The van der Waals surface area contributed by atoms with Crippen molar-refractivity contribution in [2.45, 2.75) is 13.1 Å². The maximum atomic E-state index is 12.4. The van der Waals surface area contributed by atoms with Crippen LogP contribution in [0.5, 0.6) is 0 Å². The molecule has 6 heteroatoms. The van der Waals surface area contributed by atoms with Crippen LogP contribution in [-0.2, 0) is 6.18 Å². The summed E-state index contributed by atoms with van der Waals surface area (Å²) < 4.78 is 37.9. The Labute approximate surface area is 92.8 Å². The Bertz CT molecular complexity index is 349. The molecule has 1 rings (SSSR count). The zero-order valence-electron chi connectivity index (χ0n) is 7.24. The lowest BCUT2D eigenvalue weighted by Crippen LogP contribution is -2.15. The largest absolute Gasteiger partial charge is 0.418 e. The highest BCUT2D eigenvalue weighted by Crippen LogP contribution is 2.36. The van der Waals surface area contributed by atoms with E-state index in [2.05, 4.69) is 0 Å². The van der Waals surface area contributed by atoms with E-state index in [1.807, 2.05) is 28.0 Å². The SMILES string of the molecule is Cc1cc(NN)c(C(F)(F)F)cc1I. The van der Waals surface area contributed by atoms with Crippen molar-refractivity contribution in [2.75, 3.05) is 5.43 Å². The van der Waals surface area contributed by atoms with Crippen LogP contribution >= 0.6 is 22.6 Å². The fraction of sp³-hybridized carbons (Fsp3) is 0.250. The smallest absolute Gasteiger partial charge is 0.324 e. The third kappa shape index (κ3) is 2.30. The van der Waals surface area contributed by atoms with Gasteiger partial charge in [0.15, 0.2) is 0 Å². The predicted molar refractivity (Wildman–Crippen MR) is 56.7 cm³/mol. The third-order valence-corrected chi connectivity index (χ3v) is 2.92. The molecule has 2 nitrogen and oxygen atoms in total. The molecule has 14 heavy (non-hydrogen) atoms. The number of rotatable bonds is 1. The summed E-state index contributed by atoms with van der Waals surface area (Å²) in [6.45, 7) is 1.72. The molecular weight excluding hydrogens is 308 g/mol. The van der Waals surface area contributed by atoms with Crippen molar-refractivity contribution in [3.63, 3.8) is 0 Å². The lowest BCUT2D eigenvalue weighted by Gasteiger charge is -2.13. The molecule has 1 aromatic rings. The van der Waals surface area contributed by atoms with E-state index < -0.39 is 11.7 Å². The molecule has 0 bridgehead atoms. The standard InChI is InChI=1S/C8H8F3IN2/c1-4-2-7(14-13)5(3-6(4)12)8(9,10)11/h2-3,14H,13H2,1H3. The maximum Gasteiger partial charge on any atom is 0.418 e. The number of alkyl halides is 3. The van der Waals surface area contributed by atoms with E-state index in [1.54, 1.807) is 6.92 Å². The van der Waals surface area contributed by atoms with Crippen molar-refractivity contribution in [2.24, 2.45) is 5.84 Å². The average molecular weight is 316 g/mol. The van der Waals surface area contributed by atoms with Gasteiger partial charge in [-0.2, -0.15) is 13.2 Å². The molecule has 0 spiro atoms. The van der Waals surface area contributed by atoms with Gasteiger partial charge in [0, 0.05) is 3.57 Å². The van der Waals surface area contributed by atoms with Crippen LogP contribution in [0.1, 0.15) is 11.1 Å². The Morgan fingerprint density at radius 3 is 2.36 bits per heavy atom. The highest BCUT2D eigenvalue weighted by atomic mass is 127. The van der Waals surface area contributed by atoms with Crippen LogP contribution in [0.4, 0.5) is 18.9 Å². The molecule has 0 aromatic heterocycles. The van der Waals surface area contributed by atoms with Crippen LogP contribution in [0, 0.1) is 10.5 Å². The number of nitrogens with two attached hydrogens (primary N) is 1. The summed E-state index contributed by atoms with van der Waals surface area (Å²) in [6.07, 6.45) is -4.38. The van der Waals surface area contributed by atoms with Crippen molar-refractivity contribution in [3.8, 4) is 0 Å². The first-order chi connectivity index (χ1) is 6.36. The molecule has 0 atom stereocenters. The second kappa shape index (κ2) is 3.93. The third-order valence-electron chi connectivity index (χ3n) is 1.76. The maximum absolute atomic E-state index is 12.4. The van der Waals surface area contributed by atoms with Gasteiger partial charge in [0.2, 0.25) is 0 Å². The zero-order valence-corrected chi connectivity index (χ0v) is 9.40. The summed E-state index contributed by atoms with van der Waals surface area (Å²) >= 11 is 1.85. The van der Waals surface area contributed by atoms with Crippen LogP contribution < -0.4 is 11.3 Å².